The summed E-state index contributed by atoms with van der Waals surface area (Å²) in [5.74, 6) is 0. The first kappa shape index (κ1) is 14.4. The summed E-state index contributed by atoms with van der Waals surface area (Å²) in [6.07, 6.45) is 5.07. The lowest BCUT2D eigenvalue weighted by atomic mass is 10.0. The highest BCUT2D eigenvalue weighted by Gasteiger charge is 2.24. The predicted octanol–water partition coefficient (Wildman–Crippen LogP) is 1.42. The van der Waals surface area contributed by atoms with E-state index in [0.717, 1.165) is 26.2 Å². The normalized spacial score (nSPS) is 19.5. The third-order valence-electron chi connectivity index (χ3n) is 4.05. The van der Waals surface area contributed by atoms with E-state index in [2.05, 4.69) is 34.7 Å². The lowest BCUT2D eigenvalue weighted by molar-refractivity contribution is 0.0982. The minimum Gasteiger partial charge on any atom is -0.329 e. The number of rotatable bonds is 5. The largest absolute Gasteiger partial charge is 0.329 e. The summed E-state index contributed by atoms with van der Waals surface area (Å²) in [4.78, 5) is 9.31. The molecule has 0 aliphatic carbocycles. The number of pyridine rings is 1. The lowest BCUT2D eigenvalue weighted by Gasteiger charge is -2.39. The monoisotopic (exact) mass is 262 g/mol. The van der Waals surface area contributed by atoms with Gasteiger partial charge in [-0.25, -0.2) is 0 Å². The average Bonchev–Trinajstić information content (AvgIpc) is 2.44. The maximum absolute atomic E-state index is 6.01. The maximum Gasteiger partial charge on any atom is 0.0489 e. The Morgan fingerprint density at radius 1 is 1.32 bits per heavy atom. The lowest BCUT2D eigenvalue weighted by Crippen LogP contribution is -2.49. The summed E-state index contributed by atoms with van der Waals surface area (Å²) < 4.78 is 0. The molecule has 4 heteroatoms. The number of aromatic nitrogens is 1. The van der Waals surface area contributed by atoms with Gasteiger partial charge in [-0.3, -0.25) is 9.88 Å². The second-order valence-electron chi connectivity index (χ2n) is 5.36. The second kappa shape index (κ2) is 6.98. The smallest absolute Gasteiger partial charge is 0.0489 e. The van der Waals surface area contributed by atoms with E-state index < -0.39 is 0 Å². The van der Waals surface area contributed by atoms with Crippen LogP contribution in [0.1, 0.15) is 30.5 Å². The summed E-state index contributed by atoms with van der Waals surface area (Å²) >= 11 is 0. The summed E-state index contributed by atoms with van der Waals surface area (Å²) in [6, 6.07) is 2.39. The van der Waals surface area contributed by atoms with Crippen LogP contribution < -0.4 is 5.73 Å². The number of hydrogen-bond donors (Lipinski definition) is 1. The highest BCUT2D eigenvalue weighted by atomic mass is 15.3. The minimum atomic E-state index is 0.317. The Balaban J connectivity index is 2.02. The molecule has 1 unspecified atom stereocenters. The fraction of sp³-hybridized carbons (Fsp3) is 0.667. The van der Waals surface area contributed by atoms with Gasteiger partial charge in [0.15, 0.2) is 0 Å². The van der Waals surface area contributed by atoms with Gasteiger partial charge in [0, 0.05) is 51.2 Å². The molecule has 0 amide bonds. The van der Waals surface area contributed by atoms with Crippen molar-refractivity contribution in [3.63, 3.8) is 0 Å². The van der Waals surface area contributed by atoms with Crippen LogP contribution in [0.3, 0.4) is 0 Å². The van der Waals surface area contributed by atoms with Crippen LogP contribution in [-0.2, 0) is 0 Å². The predicted molar refractivity (Wildman–Crippen MR) is 79.1 cm³/mol. The molecule has 2 heterocycles. The maximum atomic E-state index is 6.01. The average molecular weight is 262 g/mol. The van der Waals surface area contributed by atoms with Crippen LogP contribution in [0, 0.1) is 6.92 Å². The topological polar surface area (TPSA) is 45.4 Å². The van der Waals surface area contributed by atoms with E-state index in [-0.39, 0.29) is 0 Å². The van der Waals surface area contributed by atoms with Crippen molar-refractivity contribution in [1.29, 1.82) is 0 Å². The highest BCUT2D eigenvalue weighted by Crippen LogP contribution is 2.23. The van der Waals surface area contributed by atoms with Gasteiger partial charge in [-0.1, -0.05) is 6.92 Å². The van der Waals surface area contributed by atoms with Crippen LogP contribution in [0.25, 0.3) is 0 Å². The number of aryl methyl sites for hydroxylation is 1. The molecule has 0 spiro atoms. The second-order valence-corrected chi connectivity index (χ2v) is 5.36. The molecule has 0 aromatic carbocycles. The molecule has 106 valence electrons. The summed E-state index contributed by atoms with van der Waals surface area (Å²) in [5.41, 5.74) is 8.59. The third-order valence-corrected chi connectivity index (χ3v) is 4.05. The highest BCUT2D eigenvalue weighted by molar-refractivity contribution is 5.25. The summed E-state index contributed by atoms with van der Waals surface area (Å²) in [7, 11) is 0. The van der Waals surface area contributed by atoms with E-state index in [9.17, 15) is 0 Å². The molecule has 1 fully saturated rings. The molecule has 0 saturated carbocycles. The van der Waals surface area contributed by atoms with E-state index in [1.165, 1.54) is 24.1 Å². The van der Waals surface area contributed by atoms with Gasteiger partial charge >= 0.3 is 0 Å². The van der Waals surface area contributed by atoms with Crippen molar-refractivity contribution in [2.45, 2.75) is 26.3 Å². The van der Waals surface area contributed by atoms with E-state index in [4.69, 9.17) is 5.73 Å². The molecule has 1 aliphatic rings. The Bertz CT molecular complexity index is 385. The zero-order valence-electron chi connectivity index (χ0n) is 12.2. The van der Waals surface area contributed by atoms with E-state index in [1.807, 2.05) is 12.4 Å². The first-order valence-corrected chi connectivity index (χ1v) is 7.33. The van der Waals surface area contributed by atoms with Gasteiger partial charge in [0.25, 0.3) is 0 Å². The van der Waals surface area contributed by atoms with Gasteiger partial charge in [-0.15, -0.1) is 0 Å². The summed E-state index contributed by atoms with van der Waals surface area (Å²) in [6.45, 7) is 10.8. The van der Waals surface area contributed by atoms with E-state index in [0.29, 0.717) is 12.6 Å². The van der Waals surface area contributed by atoms with Gasteiger partial charge in [0.05, 0.1) is 0 Å². The zero-order valence-corrected chi connectivity index (χ0v) is 12.2. The van der Waals surface area contributed by atoms with Crippen molar-refractivity contribution in [2.24, 2.45) is 5.73 Å². The Labute approximate surface area is 116 Å². The molecule has 19 heavy (non-hydrogen) atoms. The zero-order chi connectivity index (χ0) is 13.7. The summed E-state index contributed by atoms with van der Waals surface area (Å²) in [5, 5.41) is 0. The molecular weight excluding hydrogens is 236 g/mol. The van der Waals surface area contributed by atoms with Crippen LogP contribution in [0.15, 0.2) is 18.5 Å². The van der Waals surface area contributed by atoms with Crippen molar-refractivity contribution in [3.8, 4) is 0 Å². The molecule has 0 radical (unpaired) electrons. The van der Waals surface area contributed by atoms with Crippen LogP contribution in [0.5, 0.6) is 0 Å². The SMILES string of the molecule is CCCN1CCN(C(CN)c2cnccc2C)CC1. The molecule has 2 N–H and O–H groups in total. The van der Waals surface area contributed by atoms with Gasteiger partial charge in [-0.2, -0.15) is 0 Å². The standard InChI is InChI=1S/C15H26N4/c1-3-6-18-7-9-19(10-8-18)15(11-16)14-12-17-5-4-13(14)2/h4-5,12,15H,3,6-11,16H2,1-2H3. The third kappa shape index (κ3) is 3.53. The molecule has 0 bridgehead atoms. The molecule has 2 rings (SSSR count). The van der Waals surface area contributed by atoms with Gasteiger partial charge < -0.3 is 10.6 Å². The fourth-order valence-electron chi connectivity index (χ4n) is 2.91. The quantitative estimate of drug-likeness (QED) is 0.871. The Kier molecular flexibility index (Phi) is 5.31. The van der Waals surface area contributed by atoms with Crippen molar-refractivity contribution in [3.05, 3.63) is 29.6 Å². The molecule has 1 aromatic rings. The number of nitrogens with zero attached hydrogens (tertiary/aromatic N) is 3. The Morgan fingerprint density at radius 2 is 2.05 bits per heavy atom. The van der Waals surface area contributed by atoms with Crippen LogP contribution in [0.2, 0.25) is 0 Å². The first-order valence-electron chi connectivity index (χ1n) is 7.33. The molecule has 1 aliphatic heterocycles. The minimum absolute atomic E-state index is 0.317. The molecular formula is C15H26N4. The molecule has 1 saturated heterocycles. The first-order chi connectivity index (χ1) is 9.26. The van der Waals surface area contributed by atoms with Crippen LogP contribution in [-0.4, -0.2) is 54.1 Å². The molecule has 1 aromatic heterocycles. The molecule has 1 atom stereocenters. The Morgan fingerprint density at radius 3 is 2.63 bits per heavy atom. The van der Waals surface area contributed by atoms with Crippen LogP contribution in [0.4, 0.5) is 0 Å². The number of hydrogen-bond acceptors (Lipinski definition) is 4. The van der Waals surface area contributed by atoms with Crippen molar-refractivity contribution in [2.75, 3.05) is 39.3 Å². The fourth-order valence-corrected chi connectivity index (χ4v) is 2.91. The van der Waals surface area contributed by atoms with Crippen molar-refractivity contribution in [1.82, 2.24) is 14.8 Å². The van der Waals surface area contributed by atoms with Gasteiger partial charge in [0.2, 0.25) is 0 Å². The van der Waals surface area contributed by atoms with Crippen molar-refractivity contribution >= 4 is 0 Å². The van der Waals surface area contributed by atoms with Gasteiger partial charge in [-0.05, 0) is 37.1 Å². The van der Waals surface area contributed by atoms with Gasteiger partial charge in [0.1, 0.15) is 0 Å². The number of piperazine rings is 1. The van der Waals surface area contributed by atoms with Crippen LogP contribution >= 0.6 is 0 Å². The Hall–Kier alpha value is -0.970. The number of nitrogens with two attached hydrogens (primary N) is 1. The van der Waals surface area contributed by atoms with Crippen molar-refractivity contribution < 1.29 is 0 Å². The van der Waals surface area contributed by atoms with E-state index in [1.54, 1.807) is 0 Å². The van der Waals surface area contributed by atoms with E-state index >= 15 is 0 Å². The molecule has 4 nitrogen and oxygen atoms in total.